The van der Waals surface area contributed by atoms with Gasteiger partial charge in [-0.2, -0.15) is 0 Å². The van der Waals surface area contributed by atoms with E-state index in [0.717, 1.165) is 16.1 Å². The molecule has 1 atom stereocenters. The fourth-order valence-electron chi connectivity index (χ4n) is 3.27. The van der Waals surface area contributed by atoms with Crippen LogP contribution in [-0.2, 0) is 26.2 Å². The highest BCUT2D eigenvalue weighted by Crippen LogP contribution is 2.33. The standard InChI is InChI=1S/C24H31Cl2N3O5S/c1-16(2)13-27-24(31)17(3)28(14-18-6-8-19(25)9-7-18)23(30)15-29(35(5,32)33)21-12-20(26)10-11-22(21)34-4/h6-12,16-17H,13-15H2,1-5H3,(H,27,31)/t17-/m1/s1. The molecule has 0 saturated carbocycles. The molecule has 0 aliphatic heterocycles. The van der Waals surface area contributed by atoms with E-state index in [0.29, 0.717) is 11.6 Å². The summed E-state index contributed by atoms with van der Waals surface area (Å²) in [6.45, 7) is 5.50. The summed E-state index contributed by atoms with van der Waals surface area (Å²) in [6.07, 6.45) is 0.989. The van der Waals surface area contributed by atoms with Crippen molar-refractivity contribution < 1.29 is 22.7 Å². The molecule has 0 spiro atoms. The molecule has 0 heterocycles. The Hall–Kier alpha value is -2.49. The number of benzene rings is 2. The van der Waals surface area contributed by atoms with Crippen LogP contribution >= 0.6 is 23.2 Å². The van der Waals surface area contributed by atoms with E-state index in [-0.39, 0.29) is 34.8 Å². The van der Waals surface area contributed by atoms with Gasteiger partial charge >= 0.3 is 0 Å². The lowest BCUT2D eigenvalue weighted by molar-refractivity contribution is -0.139. The highest BCUT2D eigenvalue weighted by Gasteiger charge is 2.31. The lowest BCUT2D eigenvalue weighted by atomic mass is 10.1. The normalized spacial score (nSPS) is 12.2. The van der Waals surface area contributed by atoms with Crippen LogP contribution < -0.4 is 14.4 Å². The van der Waals surface area contributed by atoms with Crippen molar-refractivity contribution in [1.29, 1.82) is 0 Å². The Morgan fingerprint density at radius 3 is 2.17 bits per heavy atom. The average Bonchev–Trinajstić information content (AvgIpc) is 2.79. The van der Waals surface area contributed by atoms with Crippen molar-refractivity contribution in [2.24, 2.45) is 5.92 Å². The van der Waals surface area contributed by atoms with E-state index in [1.807, 2.05) is 13.8 Å². The Morgan fingerprint density at radius 1 is 1.03 bits per heavy atom. The summed E-state index contributed by atoms with van der Waals surface area (Å²) in [7, 11) is -2.52. The first-order chi connectivity index (χ1) is 16.3. The van der Waals surface area contributed by atoms with Crippen LogP contribution in [-0.4, -0.2) is 57.6 Å². The number of amides is 2. The van der Waals surface area contributed by atoms with Gasteiger partial charge in [-0.15, -0.1) is 0 Å². The third-order valence-corrected chi connectivity index (χ3v) is 6.82. The lowest BCUT2D eigenvalue weighted by Crippen LogP contribution is -2.51. The Morgan fingerprint density at radius 2 is 1.63 bits per heavy atom. The van der Waals surface area contributed by atoms with E-state index in [9.17, 15) is 18.0 Å². The summed E-state index contributed by atoms with van der Waals surface area (Å²) in [6, 6.07) is 10.5. The first kappa shape index (κ1) is 28.7. The first-order valence-electron chi connectivity index (χ1n) is 11.0. The predicted octanol–water partition coefficient (Wildman–Crippen LogP) is 3.96. The molecule has 0 aliphatic rings. The number of ether oxygens (including phenoxy) is 1. The minimum atomic E-state index is -3.91. The molecule has 0 radical (unpaired) electrons. The van der Waals surface area contributed by atoms with Gasteiger partial charge in [0.2, 0.25) is 21.8 Å². The zero-order valence-corrected chi connectivity index (χ0v) is 22.7. The molecule has 192 valence electrons. The van der Waals surface area contributed by atoms with Crippen molar-refractivity contribution in [1.82, 2.24) is 10.2 Å². The number of sulfonamides is 1. The molecule has 0 aromatic heterocycles. The number of halogens is 2. The average molecular weight is 545 g/mol. The number of carbonyl (C=O) groups is 2. The SMILES string of the molecule is COc1ccc(Cl)cc1N(CC(=O)N(Cc1ccc(Cl)cc1)[C@H](C)C(=O)NCC(C)C)S(C)(=O)=O. The Balaban J connectivity index is 2.43. The number of nitrogens with zero attached hydrogens (tertiary/aromatic N) is 2. The molecule has 2 aromatic carbocycles. The summed E-state index contributed by atoms with van der Waals surface area (Å²) in [4.78, 5) is 27.7. The summed E-state index contributed by atoms with van der Waals surface area (Å²) in [5.41, 5.74) is 0.858. The fourth-order valence-corrected chi connectivity index (χ4v) is 4.41. The quantitative estimate of drug-likeness (QED) is 0.462. The van der Waals surface area contributed by atoms with E-state index in [4.69, 9.17) is 27.9 Å². The fraction of sp³-hybridized carbons (Fsp3) is 0.417. The van der Waals surface area contributed by atoms with Gasteiger partial charge in [-0.3, -0.25) is 13.9 Å². The third kappa shape index (κ3) is 8.30. The molecule has 1 N–H and O–H groups in total. The molecule has 35 heavy (non-hydrogen) atoms. The Bertz CT molecular complexity index is 1140. The maximum absolute atomic E-state index is 13.6. The highest BCUT2D eigenvalue weighted by atomic mass is 35.5. The van der Waals surface area contributed by atoms with Crippen LogP contribution in [0.5, 0.6) is 5.75 Å². The van der Waals surface area contributed by atoms with Crippen LogP contribution in [0.3, 0.4) is 0 Å². The largest absolute Gasteiger partial charge is 0.495 e. The van der Waals surface area contributed by atoms with Gasteiger partial charge in [0.15, 0.2) is 0 Å². The van der Waals surface area contributed by atoms with Crippen LogP contribution in [0.1, 0.15) is 26.3 Å². The van der Waals surface area contributed by atoms with Crippen molar-refractivity contribution >= 4 is 50.7 Å². The van der Waals surface area contributed by atoms with Crippen LogP contribution in [0.15, 0.2) is 42.5 Å². The number of methoxy groups -OCH3 is 1. The molecular weight excluding hydrogens is 513 g/mol. The molecule has 2 aromatic rings. The summed E-state index contributed by atoms with van der Waals surface area (Å²) < 4.78 is 31.6. The minimum absolute atomic E-state index is 0.0799. The molecule has 0 bridgehead atoms. The highest BCUT2D eigenvalue weighted by molar-refractivity contribution is 7.92. The monoisotopic (exact) mass is 543 g/mol. The summed E-state index contributed by atoms with van der Waals surface area (Å²) in [5, 5.41) is 3.64. The number of carbonyl (C=O) groups excluding carboxylic acids is 2. The summed E-state index contributed by atoms with van der Waals surface area (Å²) in [5.74, 6) is -0.450. The molecular formula is C24H31Cl2N3O5S. The Kier molecular flexibility index (Phi) is 10.2. The topological polar surface area (TPSA) is 96.0 Å². The van der Waals surface area contributed by atoms with E-state index >= 15 is 0 Å². The van der Waals surface area contributed by atoms with Gasteiger partial charge in [0.25, 0.3) is 0 Å². The maximum atomic E-state index is 13.6. The van der Waals surface area contributed by atoms with Gasteiger partial charge < -0.3 is 15.0 Å². The third-order valence-electron chi connectivity index (χ3n) is 5.21. The van der Waals surface area contributed by atoms with E-state index in [2.05, 4.69) is 5.32 Å². The van der Waals surface area contributed by atoms with Crippen molar-refractivity contribution in [3.05, 3.63) is 58.1 Å². The smallest absolute Gasteiger partial charge is 0.244 e. The Labute approximate surface area is 217 Å². The van der Waals surface area contributed by atoms with Crippen LogP contribution in [0, 0.1) is 5.92 Å². The van der Waals surface area contributed by atoms with E-state index < -0.39 is 28.5 Å². The van der Waals surface area contributed by atoms with Gasteiger partial charge in [-0.25, -0.2) is 8.42 Å². The van der Waals surface area contributed by atoms with Gasteiger partial charge in [0.1, 0.15) is 18.3 Å². The second kappa shape index (κ2) is 12.5. The van der Waals surface area contributed by atoms with Crippen molar-refractivity contribution in [3.8, 4) is 5.75 Å². The molecule has 0 fully saturated rings. The zero-order chi connectivity index (χ0) is 26.3. The molecule has 2 amide bonds. The van der Waals surface area contributed by atoms with Crippen molar-refractivity contribution in [2.45, 2.75) is 33.4 Å². The number of rotatable bonds is 11. The second-order valence-electron chi connectivity index (χ2n) is 8.55. The van der Waals surface area contributed by atoms with Gasteiger partial charge in [-0.05, 0) is 48.7 Å². The van der Waals surface area contributed by atoms with E-state index in [1.165, 1.54) is 24.1 Å². The lowest BCUT2D eigenvalue weighted by Gasteiger charge is -2.32. The van der Waals surface area contributed by atoms with E-state index in [1.54, 1.807) is 37.3 Å². The van der Waals surface area contributed by atoms with Gasteiger partial charge in [0.05, 0.1) is 19.1 Å². The second-order valence-corrected chi connectivity index (χ2v) is 11.3. The molecule has 8 nitrogen and oxygen atoms in total. The molecule has 0 unspecified atom stereocenters. The number of hydrogen-bond donors (Lipinski definition) is 1. The van der Waals surface area contributed by atoms with Gasteiger partial charge in [0, 0.05) is 23.1 Å². The number of anilines is 1. The van der Waals surface area contributed by atoms with Crippen molar-refractivity contribution in [2.75, 3.05) is 30.8 Å². The summed E-state index contributed by atoms with van der Waals surface area (Å²) >= 11 is 12.1. The first-order valence-corrected chi connectivity index (χ1v) is 13.6. The molecule has 11 heteroatoms. The zero-order valence-electron chi connectivity index (χ0n) is 20.4. The number of nitrogens with one attached hydrogen (secondary N) is 1. The molecule has 0 saturated heterocycles. The minimum Gasteiger partial charge on any atom is -0.495 e. The van der Waals surface area contributed by atoms with Crippen molar-refractivity contribution in [3.63, 3.8) is 0 Å². The predicted molar refractivity (Wildman–Crippen MR) is 140 cm³/mol. The van der Waals surface area contributed by atoms with Gasteiger partial charge in [-0.1, -0.05) is 49.2 Å². The van der Waals surface area contributed by atoms with Crippen LogP contribution in [0.4, 0.5) is 5.69 Å². The molecule has 0 aliphatic carbocycles. The van der Waals surface area contributed by atoms with Crippen LogP contribution in [0.25, 0.3) is 0 Å². The maximum Gasteiger partial charge on any atom is 0.244 e. The van der Waals surface area contributed by atoms with Crippen LogP contribution in [0.2, 0.25) is 10.0 Å². The molecule has 2 rings (SSSR count). The number of hydrogen-bond acceptors (Lipinski definition) is 5.